The molecule has 1 aromatic rings. The highest BCUT2D eigenvalue weighted by atomic mass is 19.1. The Balaban J connectivity index is 2.51. The molecule has 1 N–H and O–H groups in total. The maximum absolute atomic E-state index is 13.4. The quantitative estimate of drug-likeness (QED) is 0.790. The van der Waals surface area contributed by atoms with E-state index >= 15 is 0 Å². The summed E-state index contributed by atoms with van der Waals surface area (Å²) < 4.78 is 13.4. The fourth-order valence-electron chi connectivity index (χ4n) is 2.08. The summed E-state index contributed by atoms with van der Waals surface area (Å²) in [6, 6.07) is 2.98. The van der Waals surface area contributed by atoms with Gasteiger partial charge in [-0.1, -0.05) is 6.92 Å². The van der Waals surface area contributed by atoms with Gasteiger partial charge in [-0.15, -0.1) is 0 Å². The summed E-state index contributed by atoms with van der Waals surface area (Å²) in [4.78, 5) is 13.6. The maximum atomic E-state index is 13.4. The zero-order valence-electron chi connectivity index (χ0n) is 9.67. The molecule has 1 aliphatic rings. The normalized spacial score (nSPS) is 19.4. The lowest BCUT2D eigenvalue weighted by molar-refractivity contribution is -0.117. The Labute approximate surface area is 94.3 Å². The molecule has 1 amide bonds. The van der Waals surface area contributed by atoms with Crippen LogP contribution in [0.3, 0.4) is 0 Å². The van der Waals surface area contributed by atoms with E-state index in [4.69, 9.17) is 0 Å². The van der Waals surface area contributed by atoms with Crippen LogP contribution in [-0.4, -0.2) is 19.0 Å². The predicted octanol–water partition coefficient (Wildman–Crippen LogP) is 2.30. The van der Waals surface area contributed by atoms with Crippen molar-refractivity contribution in [1.29, 1.82) is 0 Å². The topological polar surface area (TPSA) is 32.3 Å². The van der Waals surface area contributed by atoms with Crippen molar-refractivity contribution in [2.45, 2.75) is 26.3 Å². The first kappa shape index (κ1) is 10.9. The molecule has 1 atom stereocenters. The molecule has 1 aromatic carbocycles. The van der Waals surface area contributed by atoms with Crippen LogP contribution in [0.2, 0.25) is 0 Å². The molecule has 0 saturated heterocycles. The van der Waals surface area contributed by atoms with Crippen molar-refractivity contribution in [3.63, 3.8) is 0 Å². The van der Waals surface area contributed by atoms with Gasteiger partial charge >= 0.3 is 0 Å². The van der Waals surface area contributed by atoms with Gasteiger partial charge in [0.15, 0.2) is 0 Å². The highest BCUT2D eigenvalue weighted by Crippen LogP contribution is 2.33. The summed E-state index contributed by atoms with van der Waals surface area (Å²) >= 11 is 0. The number of aryl methyl sites for hydroxylation is 1. The van der Waals surface area contributed by atoms with E-state index in [1.54, 1.807) is 13.0 Å². The summed E-state index contributed by atoms with van der Waals surface area (Å²) in [5.74, 6) is -0.358. The van der Waals surface area contributed by atoms with Crippen molar-refractivity contribution in [1.82, 2.24) is 0 Å². The van der Waals surface area contributed by atoms with Gasteiger partial charge in [0.1, 0.15) is 11.9 Å². The molecule has 4 heteroatoms. The number of amides is 1. The second kappa shape index (κ2) is 3.77. The van der Waals surface area contributed by atoms with Gasteiger partial charge in [-0.2, -0.15) is 0 Å². The molecule has 86 valence electrons. The number of benzene rings is 1. The molecular formula is C12H15FN2O. The largest absolute Gasteiger partial charge is 0.361 e. The van der Waals surface area contributed by atoms with Crippen LogP contribution in [0.5, 0.6) is 0 Å². The third kappa shape index (κ3) is 1.54. The minimum absolute atomic E-state index is 0.0687. The zero-order valence-corrected chi connectivity index (χ0v) is 9.67. The molecule has 1 unspecified atom stereocenters. The minimum atomic E-state index is -0.289. The van der Waals surface area contributed by atoms with E-state index in [0.717, 1.165) is 12.1 Å². The summed E-state index contributed by atoms with van der Waals surface area (Å²) in [6.45, 7) is 3.68. The second-order valence-electron chi connectivity index (χ2n) is 4.14. The van der Waals surface area contributed by atoms with Crippen molar-refractivity contribution >= 4 is 17.3 Å². The monoisotopic (exact) mass is 222 g/mol. The van der Waals surface area contributed by atoms with Gasteiger partial charge in [-0.25, -0.2) is 4.39 Å². The Kier molecular flexibility index (Phi) is 2.58. The maximum Gasteiger partial charge on any atom is 0.247 e. The van der Waals surface area contributed by atoms with Crippen LogP contribution in [0.25, 0.3) is 0 Å². The molecule has 0 saturated carbocycles. The van der Waals surface area contributed by atoms with Crippen molar-refractivity contribution in [2.24, 2.45) is 0 Å². The Morgan fingerprint density at radius 3 is 2.81 bits per heavy atom. The first-order chi connectivity index (χ1) is 7.54. The summed E-state index contributed by atoms with van der Waals surface area (Å²) in [7, 11) is 1.86. The van der Waals surface area contributed by atoms with E-state index < -0.39 is 0 Å². The summed E-state index contributed by atoms with van der Waals surface area (Å²) in [6.07, 6.45) is 0.734. The fourth-order valence-corrected chi connectivity index (χ4v) is 2.08. The first-order valence-corrected chi connectivity index (χ1v) is 5.38. The average Bonchev–Trinajstić information content (AvgIpc) is 2.22. The van der Waals surface area contributed by atoms with Crippen LogP contribution >= 0.6 is 0 Å². The lowest BCUT2D eigenvalue weighted by Crippen LogP contribution is -2.45. The third-order valence-corrected chi connectivity index (χ3v) is 3.07. The molecule has 0 aliphatic carbocycles. The Hall–Kier alpha value is -1.58. The molecule has 0 radical (unpaired) electrons. The number of halogens is 1. The van der Waals surface area contributed by atoms with Crippen LogP contribution < -0.4 is 10.2 Å². The standard InChI is InChI=1S/C12H15FN2O/c1-4-10-12(16)14-9-6-8(13)7(2)5-11(9)15(10)3/h5-6,10H,4H2,1-3H3,(H,14,16). The lowest BCUT2D eigenvalue weighted by Gasteiger charge is -2.35. The number of nitrogens with zero attached hydrogens (tertiary/aromatic N) is 1. The van der Waals surface area contributed by atoms with E-state index in [9.17, 15) is 9.18 Å². The third-order valence-electron chi connectivity index (χ3n) is 3.07. The molecule has 0 spiro atoms. The van der Waals surface area contributed by atoms with E-state index in [0.29, 0.717) is 11.3 Å². The molecule has 16 heavy (non-hydrogen) atoms. The summed E-state index contributed by atoms with van der Waals surface area (Å²) in [5.41, 5.74) is 2.03. The fraction of sp³-hybridized carbons (Fsp3) is 0.417. The minimum Gasteiger partial charge on any atom is -0.361 e. The molecule has 1 heterocycles. The summed E-state index contributed by atoms with van der Waals surface area (Å²) in [5, 5.41) is 2.74. The van der Waals surface area contributed by atoms with Gasteiger partial charge in [-0.3, -0.25) is 4.79 Å². The number of fused-ring (bicyclic) bond motifs is 1. The van der Waals surface area contributed by atoms with Crippen molar-refractivity contribution in [3.8, 4) is 0 Å². The Morgan fingerprint density at radius 1 is 1.50 bits per heavy atom. The van der Waals surface area contributed by atoms with Gasteiger partial charge < -0.3 is 10.2 Å². The van der Waals surface area contributed by atoms with Gasteiger partial charge in [0.25, 0.3) is 0 Å². The molecule has 1 aliphatic heterocycles. The number of carbonyl (C=O) groups excluding carboxylic acids is 1. The number of likely N-dealkylation sites (N-methyl/N-ethyl adjacent to an activating group) is 1. The van der Waals surface area contributed by atoms with Crippen LogP contribution in [0.4, 0.5) is 15.8 Å². The van der Waals surface area contributed by atoms with Gasteiger partial charge in [-0.05, 0) is 31.0 Å². The molecule has 0 bridgehead atoms. The van der Waals surface area contributed by atoms with Crippen molar-refractivity contribution in [3.05, 3.63) is 23.5 Å². The highest BCUT2D eigenvalue weighted by Gasteiger charge is 2.29. The number of hydrogen-bond donors (Lipinski definition) is 1. The number of carbonyl (C=O) groups is 1. The molecule has 3 nitrogen and oxygen atoms in total. The first-order valence-electron chi connectivity index (χ1n) is 5.38. The van der Waals surface area contributed by atoms with E-state index in [1.807, 2.05) is 18.9 Å². The van der Waals surface area contributed by atoms with E-state index in [2.05, 4.69) is 5.32 Å². The van der Waals surface area contributed by atoms with E-state index in [-0.39, 0.29) is 17.8 Å². The Morgan fingerprint density at radius 2 is 2.19 bits per heavy atom. The number of rotatable bonds is 1. The molecule has 2 rings (SSSR count). The zero-order chi connectivity index (χ0) is 11.9. The molecular weight excluding hydrogens is 207 g/mol. The Bertz CT molecular complexity index is 445. The number of nitrogens with one attached hydrogen (secondary N) is 1. The van der Waals surface area contributed by atoms with Gasteiger partial charge in [0.05, 0.1) is 11.4 Å². The van der Waals surface area contributed by atoms with Gasteiger partial charge in [0.2, 0.25) is 5.91 Å². The molecule has 0 fully saturated rings. The van der Waals surface area contributed by atoms with Gasteiger partial charge in [0, 0.05) is 7.05 Å². The smallest absolute Gasteiger partial charge is 0.247 e. The van der Waals surface area contributed by atoms with Crippen LogP contribution in [0.15, 0.2) is 12.1 Å². The second-order valence-corrected chi connectivity index (χ2v) is 4.14. The molecule has 0 aromatic heterocycles. The van der Waals surface area contributed by atoms with Crippen molar-refractivity contribution < 1.29 is 9.18 Å². The van der Waals surface area contributed by atoms with Crippen LogP contribution in [0, 0.1) is 12.7 Å². The van der Waals surface area contributed by atoms with Crippen LogP contribution in [0.1, 0.15) is 18.9 Å². The lowest BCUT2D eigenvalue weighted by atomic mass is 10.0. The predicted molar refractivity (Wildman–Crippen MR) is 62.2 cm³/mol. The number of hydrogen-bond acceptors (Lipinski definition) is 2. The number of anilines is 2. The van der Waals surface area contributed by atoms with Crippen LogP contribution in [-0.2, 0) is 4.79 Å². The van der Waals surface area contributed by atoms with Crippen molar-refractivity contribution in [2.75, 3.05) is 17.3 Å². The van der Waals surface area contributed by atoms with E-state index in [1.165, 1.54) is 6.07 Å². The average molecular weight is 222 g/mol. The SMILES string of the molecule is CCC1C(=O)Nc2cc(F)c(C)cc2N1C. The highest BCUT2D eigenvalue weighted by molar-refractivity contribution is 6.03.